The molecule has 0 spiro atoms. The molecule has 0 saturated carbocycles. The number of benzene rings is 2. The second-order valence-corrected chi connectivity index (χ2v) is 7.93. The lowest BCUT2D eigenvalue weighted by Gasteiger charge is -2.25. The molecule has 2 aromatic carbocycles. The number of carbonyl (C=O) groups excluding carboxylic acids is 2. The van der Waals surface area contributed by atoms with Gasteiger partial charge in [-0.3, -0.25) is 4.79 Å². The Kier molecular flexibility index (Phi) is 5.66. The van der Waals surface area contributed by atoms with E-state index in [2.05, 4.69) is 5.32 Å². The molecule has 1 aliphatic carbocycles. The van der Waals surface area contributed by atoms with Crippen LogP contribution >= 0.6 is 0 Å². The van der Waals surface area contributed by atoms with Gasteiger partial charge in [-0.15, -0.1) is 0 Å². The summed E-state index contributed by atoms with van der Waals surface area (Å²) >= 11 is 0. The van der Waals surface area contributed by atoms with Gasteiger partial charge in [-0.1, -0.05) is 18.2 Å². The second-order valence-electron chi connectivity index (χ2n) is 7.93. The number of nitrogens with zero attached hydrogens (tertiary/aromatic N) is 1. The molecule has 1 atom stereocenters. The highest BCUT2D eigenvalue weighted by molar-refractivity contribution is 5.87. The van der Waals surface area contributed by atoms with E-state index in [1.807, 2.05) is 0 Å². The van der Waals surface area contributed by atoms with Crippen molar-refractivity contribution in [3.05, 3.63) is 70.7 Å². The third kappa shape index (κ3) is 4.46. The van der Waals surface area contributed by atoms with Crippen molar-refractivity contribution < 1.29 is 32.3 Å². The maximum absolute atomic E-state index is 13.9. The van der Waals surface area contributed by atoms with Gasteiger partial charge in [-0.05, 0) is 54.7 Å². The summed E-state index contributed by atoms with van der Waals surface area (Å²) in [6, 6.07) is 8.45. The number of aliphatic carboxylic acids is 1. The average molecular weight is 447 g/mol. The van der Waals surface area contributed by atoms with Gasteiger partial charge in [0, 0.05) is 22.6 Å². The highest BCUT2D eigenvalue weighted by atomic mass is 19.4. The van der Waals surface area contributed by atoms with Crippen LogP contribution in [0.1, 0.15) is 28.8 Å². The van der Waals surface area contributed by atoms with Crippen LogP contribution in [0.2, 0.25) is 0 Å². The molecule has 3 aromatic rings. The van der Waals surface area contributed by atoms with Crippen LogP contribution in [0.25, 0.3) is 10.9 Å². The minimum absolute atomic E-state index is 0.200. The normalized spacial score (nSPS) is 16.1. The number of hydrogen-bond acceptors (Lipinski definition) is 3. The van der Waals surface area contributed by atoms with E-state index in [4.69, 9.17) is 0 Å². The molecule has 32 heavy (non-hydrogen) atoms. The van der Waals surface area contributed by atoms with E-state index in [9.17, 15) is 32.3 Å². The smallest absolute Gasteiger partial charge is 0.416 e. The molecule has 1 heterocycles. The van der Waals surface area contributed by atoms with Crippen molar-refractivity contribution in [3.63, 3.8) is 0 Å². The van der Waals surface area contributed by atoms with E-state index in [0.29, 0.717) is 30.2 Å². The number of carbonyl (C=O) groups is 2. The Hall–Kier alpha value is -3.36. The lowest BCUT2D eigenvalue weighted by atomic mass is 9.91. The van der Waals surface area contributed by atoms with Crippen LogP contribution in [0.4, 0.5) is 17.6 Å². The monoisotopic (exact) mass is 447 g/mol. The zero-order chi connectivity index (χ0) is 23.0. The molecule has 1 N–H and O–H groups in total. The molecule has 0 radical (unpaired) electrons. The molecule has 1 aromatic heterocycles. The van der Waals surface area contributed by atoms with Crippen molar-refractivity contribution in [3.8, 4) is 0 Å². The molecular formula is C23H19F4N2O3-. The Morgan fingerprint density at radius 1 is 1.16 bits per heavy atom. The van der Waals surface area contributed by atoms with Crippen LogP contribution in [0, 0.1) is 5.82 Å². The predicted octanol–water partition coefficient (Wildman–Crippen LogP) is 2.77. The molecule has 5 nitrogen and oxygen atoms in total. The topological polar surface area (TPSA) is 74.2 Å². The van der Waals surface area contributed by atoms with Crippen LogP contribution in [0.15, 0.2) is 42.5 Å². The summed E-state index contributed by atoms with van der Waals surface area (Å²) in [4.78, 5) is 23.7. The summed E-state index contributed by atoms with van der Waals surface area (Å²) in [5.41, 5.74) is 1.54. The fourth-order valence-electron chi connectivity index (χ4n) is 4.38. The summed E-state index contributed by atoms with van der Waals surface area (Å²) in [6.07, 6.45) is -3.33. The molecule has 9 heteroatoms. The first kappa shape index (κ1) is 21.9. The van der Waals surface area contributed by atoms with Gasteiger partial charge in [0.25, 0.3) is 0 Å². The number of hydrogen-bond donors (Lipinski definition) is 1. The number of aromatic nitrogens is 1. The number of alkyl halides is 3. The summed E-state index contributed by atoms with van der Waals surface area (Å²) in [5.74, 6) is -2.13. The van der Waals surface area contributed by atoms with Gasteiger partial charge in [0.05, 0.1) is 24.5 Å². The van der Waals surface area contributed by atoms with Crippen molar-refractivity contribution in [2.75, 3.05) is 0 Å². The minimum Gasteiger partial charge on any atom is -0.548 e. The second kappa shape index (κ2) is 8.29. The van der Waals surface area contributed by atoms with Gasteiger partial charge in [-0.25, -0.2) is 4.39 Å². The number of rotatable bonds is 5. The molecule has 0 bridgehead atoms. The standard InChI is InChI=1S/C23H20F4N2O3/c24-15-4-6-19-17(10-15)18-11-16(5-7-20(18)29(19)12-22(31)32)28-21(30)9-13-2-1-3-14(8-13)23(25,26)27/h1-4,6,8,10,16H,5,7,9,11-12H2,(H,28,30)(H,31,32)/p-1/t16-/m0/s1. The molecule has 1 amide bonds. The molecule has 0 saturated heterocycles. The predicted molar refractivity (Wildman–Crippen MR) is 106 cm³/mol. The zero-order valence-electron chi connectivity index (χ0n) is 16.8. The quantitative estimate of drug-likeness (QED) is 0.612. The van der Waals surface area contributed by atoms with Gasteiger partial charge in [0.15, 0.2) is 0 Å². The van der Waals surface area contributed by atoms with Gasteiger partial charge in [0.1, 0.15) is 5.82 Å². The lowest BCUT2D eigenvalue weighted by Crippen LogP contribution is -2.40. The van der Waals surface area contributed by atoms with E-state index >= 15 is 0 Å². The minimum atomic E-state index is -4.48. The Morgan fingerprint density at radius 2 is 1.94 bits per heavy atom. The van der Waals surface area contributed by atoms with Crippen LogP contribution < -0.4 is 10.4 Å². The maximum atomic E-state index is 13.9. The highest BCUT2D eigenvalue weighted by Gasteiger charge is 2.31. The molecular weight excluding hydrogens is 428 g/mol. The number of fused-ring (bicyclic) bond motifs is 3. The third-order valence-electron chi connectivity index (χ3n) is 5.70. The van der Waals surface area contributed by atoms with E-state index < -0.39 is 29.4 Å². The first-order valence-corrected chi connectivity index (χ1v) is 10.1. The molecule has 168 valence electrons. The molecule has 1 aliphatic rings. The Morgan fingerprint density at radius 3 is 2.66 bits per heavy atom. The van der Waals surface area contributed by atoms with Gasteiger partial charge in [0.2, 0.25) is 5.91 Å². The summed E-state index contributed by atoms with van der Waals surface area (Å²) < 4.78 is 54.1. The van der Waals surface area contributed by atoms with Crippen molar-refractivity contribution in [2.45, 2.75) is 44.4 Å². The largest absolute Gasteiger partial charge is 0.548 e. The molecule has 0 aliphatic heterocycles. The van der Waals surface area contributed by atoms with Crippen molar-refractivity contribution in [2.24, 2.45) is 0 Å². The van der Waals surface area contributed by atoms with E-state index in [1.165, 1.54) is 30.3 Å². The molecule has 4 rings (SSSR count). The number of carboxylic acid groups (broad SMARTS) is 1. The van der Waals surface area contributed by atoms with Gasteiger partial charge < -0.3 is 19.8 Å². The third-order valence-corrected chi connectivity index (χ3v) is 5.70. The van der Waals surface area contributed by atoms with E-state index in [0.717, 1.165) is 23.4 Å². The summed E-state index contributed by atoms with van der Waals surface area (Å²) in [6.45, 7) is -0.357. The molecule has 0 unspecified atom stereocenters. The summed E-state index contributed by atoms with van der Waals surface area (Å²) in [5, 5.41) is 14.6. The van der Waals surface area contributed by atoms with Crippen molar-refractivity contribution >= 4 is 22.8 Å². The van der Waals surface area contributed by atoms with Crippen LogP contribution in [0.5, 0.6) is 0 Å². The number of amides is 1. The van der Waals surface area contributed by atoms with Crippen LogP contribution in [-0.4, -0.2) is 22.5 Å². The van der Waals surface area contributed by atoms with Crippen molar-refractivity contribution in [1.82, 2.24) is 9.88 Å². The average Bonchev–Trinajstić information content (AvgIpc) is 2.99. The Balaban J connectivity index is 1.52. The Bertz CT molecular complexity index is 1200. The van der Waals surface area contributed by atoms with Crippen LogP contribution in [-0.2, 0) is 41.6 Å². The fraction of sp³-hybridized carbons (Fsp3) is 0.304. The fourth-order valence-corrected chi connectivity index (χ4v) is 4.38. The summed E-state index contributed by atoms with van der Waals surface area (Å²) in [7, 11) is 0. The first-order chi connectivity index (χ1) is 15.1. The first-order valence-electron chi connectivity index (χ1n) is 10.1. The van der Waals surface area contributed by atoms with Gasteiger partial charge in [-0.2, -0.15) is 13.2 Å². The number of halogens is 4. The number of carboxylic acids is 1. The van der Waals surface area contributed by atoms with E-state index in [1.54, 1.807) is 4.57 Å². The maximum Gasteiger partial charge on any atom is 0.416 e. The van der Waals surface area contributed by atoms with E-state index in [-0.39, 0.29) is 24.6 Å². The Labute approximate surface area is 180 Å². The highest BCUT2D eigenvalue weighted by Crippen LogP contribution is 2.33. The zero-order valence-corrected chi connectivity index (χ0v) is 16.8. The van der Waals surface area contributed by atoms with Crippen molar-refractivity contribution in [1.29, 1.82) is 0 Å². The number of nitrogens with one attached hydrogen (secondary N) is 1. The lowest BCUT2D eigenvalue weighted by molar-refractivity contribution is -0.306. The van der Waals surface area contributed by atoms with Crippen LogP contribution in [0.3, 0.4) is 0 Å². The SMILES string of the molecule is O=C([O-])Cn1c2c(c3cc(F)ccc31)C[C@@H](NC(=O)Cc1cccc(C(F)(F)F)c1)CC2. The molecule has 0 fully saturated rings. The van der Waals surface area contributed by atoms with Gasteiger partial charge >= 0.3 is 6.18 Å².